The lowest BCUT2D eigenvalue weighted by atomic mass is 10.1. The highest BCUT2D eigenvalue weighted by molar-refractivity contribution is 5.93. The summed E-state index contributed by atoms with van der Waals surface area (Å²) in [5.74, 6) is -0.0319. The fraction of sp³-hybridized carbons (Fsp3) is 0.292. The van der Waals surface area contributed by atoms with E-state index in [4.69, 9.17) is 4.74 Å². The van der Waals surface area contributed by atoms with Gasteiger partial charge in [0, 0.05) is 34.4 Å². The SMILES string of the molecule is CCOC(=O)C=Cc1ccc(NC(=O)Cc2c(C)nn(-c3nc(C)cc(C)n3)c2C)cc1. The van der Waals surface area contributed by atoms with Crippen molar-refractivity contribution in [1.82, 2.24) is 19.7 Å². The van der Waals surface area contributed by atoms with E-state index in [0.717, 1.165) is 33.9 Å². The summed E-state index contributed by atoms with van der Waals surface area (Å²) in [6, 6.07) is 9.11. The molecule has 1 N–H and O–H groups in total. The summed E-state index contributed by atoms with van der Waals surface area (Å²) in [5.41, 5.74) is 5.67. The number of nitrogens with one attached hydrogen (secondary N) is 1. The Balaban J connectivity index is 1.69. The van der Waals surface area contributed by atoms with Crippen LogP contribution in [0.25, 0.3) is 12.0 Å². The van der Waals surface area contributed by atoms with Gasteiger partial charge in [-0.1, -0.05) is 12.1 Å². The number of benzene rings is 1. The minimum atomic E-state index is -0.387. The van der Waals surface area contributed by atoms with Crippen LogP contribution < -0.4 is 5.32 Å². The van der Waals surface area contributed by atoms with Gasteiger partial charge in [0.1, 0.15) is 0 Å². The highest BCUT2D eigenvalue weighted by Crippen LogP contribution is 2.18. The Kier molecular flexibility index (Phi) is 7.14. The molecule has 0 fully saturated rings. The number of amides is 1. The summed E-state index contributed by atoms with van der Waals surface area (Å²) in [6.07, 6.45) is 3.23. The van der Waals surface area contributed by atoms with E-state index in [2.05, 4.69) is 20.4 Å². The van der Waals surface area contributed by atoms with Crippen LogP contribution in [0.4, 0.5) is 5.69 Å². The number of anilines is 1. The first-order valence-electron chi connectivity index (χ1n) is 10.4. The van der Waals surface area contributed by atoms with Crippen molar-refractivity contribution in [2.45, 2.75) is 41.0 Å². The molecular formula is C24H27N5O3. The summed E-state index contributed by atoms with van der Waals surface area (Å²) in [4.78, 5) is 33.0. The summed E-state index contributed by atoms with van der Waals surface area (Å²) in [5, 5.41) is 7.45. The fourth-order valence-corrected chi connectivity index (χ4v) is 3.33. The van der Waals surface area contributed by atoms with Crippen LogP contribution in [0.2, 0.25) is 0 Å². The Morgan fingerprint density at radius 2 is 1.72 bits per heavy atom. The molecule has 0 unspecified atom stereocenters. The number of carbonyl (C=O) groups is 2. The third kappa shape index (κ3) is 5.66. The van der Waals surface area contributed by atoms with E-state index in [-0.39, 0.29) is 18.3 Å². The maximum atomic E-state index is 12.7. The van der Waals surface area contributed by atoms with Gasteiger partial charge in [0.25, 0.3) is 5.95 Å². The molecule has 1 aromatic carbocycles. The van der Waals surface area contributed by atoms with Crippen molar-refractivity contribution in [1.29, 1.82) is 0 Å². The number of carbonyl (C=O) groups excluding carboxylic acids is 2. The second-order valence-electron chi connectivity index (χ2n) is 7.44. The molecule has 8 nitrogen and oxygen atoms in total. The summed E-state index contributed by atoms with van der Waals surface area (Å²) in [7, 11) is 0. The predicted molar refractivity (Wildman–Crippen MR) is 123 cm³/mol. The average Bonchev–Trinajstić information content (AvgIpc) is 3.01. The Bertz CT molecular complexity index is 1140. The van der Waals surface area contributed by atoms with Crippen LogP contribution in [-0.4, -0.2) is 38.2 Å². The van der Waals surface area contributed by atoms with Crippen LogP contribution >= 0.6 is 0 Å². The molecule has 2 heterocycles. The lowest BCUT2D eigenvalue weighted by Gasteiger charge is -2.07. The van der Waals surface area contributed by atoms with E-state index in [9.17, 15) is 9.59 Å². The lowest BCUT2D eigenvalue weighted by molar-refractivity contribution is -0.137. The second-order valence-corrected chi connectivity index (χ2v) is 7.44. The standard InChI is InChI=1S/C24H27N5O3/c1-6-32-23(31)12-9-19-7-10-20(11-8-19)27-22(30)14-21-17(4)28-29(18(21)5)24-25-15(2)13-16(3)26-24/h7-13H,6,14H2,1-5H3,(H,27,30). The smallest absolute Gasteiger partial charge is 0.330 e. The van der Waals surface area contributed by atoms with Gasteiger partial charge >= 0.3 is 5.97 Å². The number of esters is 1. The summed E-state index contributed by atoms with van der Waals surface area (Å²) in [6.45, 7) is 9.71. The first kappa shape index (κ1) is 22.9. The fourth-order valence-electron chi connectivity index (χ4n) is 3.33. The van der Waals surface area contributed by atoms with E-state index in [0.29, 0.717) is 18.2 Å². The van der Waals surface area contributed by atoms with Crippen molar-refractivity contribution >= 4 is 23.6 Å². The van der Waals surface area contributed by atoms with Gasteiger partial charge in [-0.05, 0) is 64.5 Å². The summed E-state index contributed by atoms with van der Waals surface area (Å²) < 4.78 is 6.54. The zero-order valence-corrected chi connectivity index (χ0v) is 19.0. The maximum absolute atomic E-state index is 12.7. The van der Waals surface area contributed by atoms with Crippen LogP contribution in [0.5, 0.6) is 0 Å². The zero-order chi connectivity index (χ0) is 23.3. The normalized spacial score (nSPS) is 11.0. The molecule has 0 aliphatic heterocycles. The third-order valence-corrected chi connectivity index (χ3v) is 4.83. The molecule has 3 rings (SSSR count). The zero-order valence-electron chi connectivity index (χ0n) is 19.0. The molecule has 0 saturated carbocycles. The Labute approximate surface area is 187 Å². The molecule has 0 bridgehead atoms. The van der Waals surface area contributed by atoms with E-state index in [1.54, 1.807) is 29.8 Å². The monoisotopic (exact) mass is 433 g/mol. The van der Waals surface area contributed by atoms with Gasteiger partial charge in [-0.25, -0.2) is 19.4 Å². The van der Waals surface area contributed by atoms with Crippen molar-refractivity contribution < 1.29 is 14.3 Å². The van der Waals surface area contributed by atoms with Crippen molar-refractivity contribution in [2.24, 2.45) is 0 Å². The van der Waals surface area contributed by atoms with Gasteiger partial charge in [-0.2, -0.15) is 5.10 Å². The van der Waals surface area contributed by atoms with E-state index in [1.165, 1.54) is 6.08 Å². The molecule has 32 heavy (non-hydrogen) atoms. The van der Waals surface area contributed by atoms with Crippen molar-refractivity contribution in [2.75, 3.05) is 11.9 Å². The highest BCUT2D eigenvalue weighted by atomic mass is 16.5. The Morgan fingerprint density at radius 3 is 2.34 bits per heavy atom. The topological polar surface area (TPSA) is 99.0 Å². The molecule has 0 radical (unpaired) electrons. The maximum Gasteiger partial charge on any atom is 0.330 e. The molecule has 0 spiro atoms. The molecule has 3 aromatic rings. The van der Waals surface area contributed by atoms with Crippen LogP contribution in [0, 0.1) is 27.7 Å². The molecule has 0 aliphatic rings. The van der Waals surface area contributed by atoms with Crippen LogP contribution in [0.3, 0.4) is 0 Å². The Morgan fingerprint density at radius 1 is 1.06 bits per heavy atom. The predicted octanol–water partition coefficient (Wildman–Crippen LogP) is 3.65. The molecule has 0 atom stereocenters. The minimum absolute atomic E-state index is 0.146. The van der Waals surface area contributed by atoms with Gasteiger partial charge in [0.15, 0.2) is 0 Å². The highest BCUT2D eigenvalue weighted by Gasteiger charge is 2.17. The Hall–Kier alpha value is -3.81. The molecule has 8 heteroatoms. The largest absolute Gasteiger partial charge is 0.463 e. The molecule has 1 amide bonds. The number of hydrogen-bond donors (Lipinski definition) is 1. The number of nitrogens with zero attached hydrogens (tertiary/aromatic N) is 4. The van der Waals surface area contributed by atoms with E-state index >= 15 is 0 Å². The first-order valence-corrected chi connectivity index (χ1v) is 10.4. The van der Waals surface area contributed by atoms with Crippen LogP contribution in [0.1, 0.15) is 40.8 Å². The van der Waals surface area contributed by atoms with Crippen molar-refractivity contribution in [3.8, 4) is 5.95 Å². The van der Waals surface area contributed by atoms with E-state index < -0.39 is 0 Å². The lowest BCUT2D eigenvalue weighted by Crippen LogP contribution is -2.15. The number of aromatic nitrogens is 4. The van der Waals surface area contributed by atoms with Gasteiger partial charge in [-0.15, -0.1) is 0 Å². The second kappa shape index (κ2) is 10.00. The van der Waals surface area contributed by atoms with Gasteiger partial charge in [-0.3, -0.25) is 4.79 Å². The van der Waals surface area contributed by atoms with E-state index in [1.807, 2.05) is 45.9 Å². The molecule has 0 saturated heterocycles. The van der Waals surface area contributed by atoms with Crippen molar-refractivity contribution in [3.05, 3.63) is 70.3 Å². The van der Waals surface area contributed by atoms with Gasteiger partial charge < -0.3 is 10.1 Å². The number of hydrogen-bond acceptors (Lipinski definition) is 6. The number of aryl methyl sites for hydroxylation is 3. The third-order valence-electron chi connectivity index (χ3n) is 4.83. The van der Waals surface area contributed by atoms with Crippen molar-refractivity contribution in [3.63, 3.8) is 0 Å². The minimum Gasteiger partial charge on any atom is -0.463 e. The molecular weight excluding hydrogens is 406 g/mol. The van der Waals surface area contributed by atoms with Gasteiger partial charge in [0.05, 0.1) is 18.7 Å². The summed E-state index contributed by atoms with van der Waals surface area (Å²) >= 11 is 0. The quantitative estimate of drug-likeness (QED) is 0.451. The molecule has 2 aromatic heterocycles. The van der Waals surface area contributed by atoms with Crippen LogP contribution in [-0.2, 0) is 20.7 Å². The first-order chi connectivity index (χ1) is 15.3. The number of rotatable bonds is 7. The molecule has 166 valence electrons. The van der Waals surface area contributed by atoms with Crippen LogP contribution in [0.15, 0.2) is 36.4 Å². The number of ether oxygens (including phenoxy) is 1. The molecule has 0 aliphatic carbocycles. The average molecular weight is 434 g/mol. The van der Waals surface area contributed by atoms with Gasteiger partial charge in [0.2, 0.25) is 5.91 Å².